The van der Waals surface area contributed by atoms with Crippen molar-refractivity contribution in [1.29, 1.82) is 0 Å². The lowest BCUT2D eigenvalue weighted by molar-refractivity contribution is -0.137. The summed E-state index contributed by atoms with van der Waals surface area (Å²) in [4.78, 5) is 26.6. The normalized spacial score (nSPS) is 14.1. The molecule has 7 nitrogen and oxygen atoms in total. The molecule has 0 saturated carbocycles. The Morgan fingerprint density at radius 3 is 2.48 bits per heavy atom. The maximum Gasteiger partial charge on any atom is 0.387 e. The van der Waals surface area contributed by atoms with Crippen LogP contribution in [0.3, 0.4) is 0 Å². The molecule has 9 heteroatoms. The molecule has 0 unspecified atom stereocenters. The molecule has 2 aromatic rings. The minimum absolute atomic E-state index is 0.0278. The van der Waals surface area contributed by atoms with E-state index in [1.807, 2.05) is 18.2 Å². The van der Waals surface area contributed by atoms with Crippen LogP contribution in [0.5, 0.6) is 17.2 Å². The van der Waals surface area contributed by atoms with Gasteiger partial charge in [-0.15, -0.1) is 0 Å². The van der Waals surface area contributed by atoms with E-state index in [2.05, 4.69) is 10.1 Å². The highest BCUT2D eigenvalue weighted by atomic mass is 19.3. The third-order valence-corrected chi connectivity index (χ3v) is 5.48. The maximum absolute atomic E-state index is 12.6. The quantitative estimate of drug-likeness (QED) is 0.587. The number of halogens is 2. The van der Waals surface area contributed by atoms with Gasteiger partial charge in [0.1, 0.15) is 5.75 Å². The number of ether oxygens (including phenoxy) is 3. The van der Waals surface area contributed by atoms with Crippen LogP contribution in [0.15, 0.2) is 48.5 Å². The van der Waals surface area contributed by atoms with Crippen LogP contribution in [-0.4, -0.2) is 56.7 Å². The Balaban J connectivity index is 1.39. The molecule has 2 amide bonds. The van der Waals surface area contributed by atoms with Gasteiger partial charge in [-0.3, -0.25) is 9.59 Å². The van der Waals surface area contributed by atoms with Crippen molar-refractivity contribution in [2.24, 2.45) is 5.92 Å². The van der Waals surface area contributed by atoms with Crippen molar-refractivity contribution >= 4 is 11.8 Å². The lowest BCUT2D eigenvalue weighted by atomic mass is 9.96. The average Bonchev–Trinajstić information content (AvgIpc) is 2.83. The first-order valence-electron chi connectivity index (χ1n) is 10.8. The Kier molecular flexibility index (Phi) is 8.86. The summed E-state index contributed by atoms with van der Waals surface area (Å²) in [5.41, 5.74) is 0.741. The first kappa shape index (κ1) is 24.3. The number of amides is 2. The molecule has 1 aliphatic heterocycles. The number of nitrogens with one attached hydrogen (secondary N) is 1. The zero-order valence-electron chi connectivity index (χ0n) is 18.5. The van der Waals surface area contributed by atoms with E-state index in [0.717, 1.165) is 5.56 Å². The van der Waals surface area contributed by atoms with Crippen molar-refractivity contribution in [3.05, 3.63) is 54.1 Å². The monoisotopic (exact) mass is 462 g/mol. The molecule has 0 atom stereocenters. The highest BCUT2D eigenvalue weighted by Gasteiger charge is 2.27. The fourth-order valence-corrected chi connectivity index (χ4v) is 3.68. The van der Waals surface area contributed by atoms with Crippen molar-refractivity contribution in [2.45, 2.75) is 25.9 Å². The summed E-state index contributed by atoms with van der Waals surface area (Å²) in [6.45, 7) is -1.61. The summed E-state index contributed by atoms with van der Waals surface area (Å²) in [6.07, 6.45) is 1.62. The zero-order valence-corrected chi connectivity index (χ0v) is 18.5. The van der Waals surface area contributed by atoms with Gasteiger partial charge in [0.2, 0.25) is 5.91 Å². The number of methoxy groups -OCH3 is 1. The minimum atomic E-state index is -2.95. The Bertz CT molecular complexity index is 918. The van der Waals surface area contributed by atoms with Crippen molar-refractivity contribution in [3.63, 3.8) is 0 Å². The predicted octanol–water partition coefficient (Wildman–Crippen LogP) is 3.27. The van der Waals surface area contributed by atoms with E-state index in [1.165, 1.54) is 13.2 Å². The van der Waals surface area contributed by atoms with Gasteiger partial charge in [0.15, 0.2) is 18.1 Å². The van der Waals surface area contributed by atoms with E-state index in [9.17, 15) is 18.4 Å². The van der Waals surface area contributed by atoms with E-state index in [4.69, 9.17) is 9.47 Å². The molecule has 0 spiro atoms. The second-order valence-corrected chi connectivity index (χ2v) is 7.66. The van der Waals surface area contributed by atoms with Crippen molar-refractivity contribution in [2.75, 3.05) is 33.4 Å². The number of rotatable bonds is 10. The number of nitrogens with zero attached hydrogens (tertiary/aromatic N) is 1. The third-order valence-electron chi connectivity index (χ3n) is 5.48. The largest absolute Gasteiger partial charge is 0.493 e. The van der Waals surface area contributed by atoms with Gasteiger partial charge < -0.3 is 24.4 Å². The molecule has 1 aliphatic rings. The summed E-state index contributed by atoms with van der Waals surface area (Å²) in [7, 11) is 1.38. The average molecular weight is 462 g/mol. The van der Waals surface area contributed by atoms with E-state index in [0.29, 0.717) is 44.6 Å². The molecule has 0 aliphatic carbocycles. The number of likely N-dealkylation sites (tertiary alicyclic amines) is 1. The highest BCUT2D eigenvalue weighted by Crippen LogP contribution is 2.29. The predicted molar refractivity (Wildman–Crippen MR) is 118 cm³/mol. The second kappa shape index (κ2) is 12.0. The van der Waals surface area contributed by atoms with Gasteiger partial charge in [-0.05, 0) is 49.1 Å². The van der Waals surface area contributed by atoms with Crippen LogP contribution < -0.4 is 19.5 Å². The Morgan fingerprint density at radius 2 is 1.82 bits per heavy atom. The van der Waals surface area contributed by atoms with E-state index >= 15 is 0 Å². The second-order valence-electron chi connectivity index (χ2n) is 7.66. The number of para-hydroxylation sites is 1. The number of piperidine rings is 1. The number of carbonyl (C=O) groups excluding carboxylic acids is 2. The van der Waals surface area contributed by atoms with Crippen molar-refractivity contribution in [3.8, 4) is 17.2 Å². The number of benzene rings is 2. The summed E-state index contributed by atoms with van der Waals surface area (Å²) in [5, 5.41) is 2.89. The van der Waals surface area contributed by atoms with Gasteiger partial charge in [-0.2, -0.15) is 8.78 Å². The lowest BCUT2D eigenvalue weighted by Crippen LogP contribution is -2.44. The molecule has 1 saturated heterocycles. The van der Waals surface area contributed by atoms with Crippen LogP contribution in [-0.2, 0) is 16.0 Å². The topological polar surface area (TPSA) is 77.1 Å². The molecule has 0 bridgehead atoms. The zero-order chi connectivity index (χ0) is 23.6. The molecule has 33 heavy (non-hydrogen) atoms. The van der Waals surface area contributed by atoms with Crippen LogP contribution in [0.4, 0.5) is 8.78 Å². The molecular weight excluding hydrogens is 434 g/mol. The molecule has 2 aromatic carbocycles. The van der Waals surface area contributed by atoms with Gasteiger partial charge in [-0.1, -0.05) is 24.3 Å². The van der Waals surface area contributed by atoms with Gasteiger partial charge >= 0.3 is 6.61 Å². The molecule has 0 radical (unpaired) electrons. The van der Waals surface area contributed by atoms with Gasteiger partial charge in [0, 0.05) is 25.6 Å². The fourth-order valence-electron chi connectivity index (χ4n) is 3.68. The van der Waals surface area contributed by atoms with Gasteiger partial charge in [-0.25, -0.2) is 0 Å². The van der Waals surface area contributed by atoms with E-state index in [1.54, 1.807) is 29.2 Å². The first-order chi connectivity index (χ1) is 16.0. The van der Waals surface area contributed by atoms with Crippen molar-refractivity contribution in [1.82, 2.24) is 10.2 Å². The smallest absolute Gasteiger partial charge is 0.387 e. The van der Waals surface area contributed by atoms with E-state index < -0.39 is 6.61 Å². The number of alkyl halides is 2. The number of carbonyl (C=O) groups is 2. The molecule has 1 N–H and O–H groups in total. The molecule has 0 aromatic heterocycles. The van der Waals surface area contributed by atoms with Crippen molar-refractivity contribution < 1.29 is 32.6 Å². The Morgan fingerprint density at radius 1 is 1.09 bits per heavy atom. The third kappa shape index (κ3) is 7.34. The highest BCUT2D eigenvalue weighted by molar-refractivity contribution is 5.80. The molecular formula is C24H28F2N2O5. The molecule has 1 heterocycles. The molecule has 3 rings (SSSR count). The van der Waals surface area contributed by atoms with Crippen LogP contribution in [0.25, 0.3) is 0 Å². The van der Waals surface area contributed by atoms with Crippen LogP contribution in [0.1, 0.15) is 18.4 Å². The minimum Gasteiger partial charge on any atom is -0.493 e. The fraction of sp³-hybridized carbons (Fsp3) is 0.417. The number of hydrogen-bond donors (Lipinski definition) is 1. The standard InChI is InChI=1S/C24H28F2N2O5/c1-31-20-8-7-17(15-21(20)33-24(25)26)9-12-27-23(30)18-10-13-28(14-11-18)22(29)16-32-19-5-3-2-4-6-19/h2-8,15,18,24H,9-14,16H2,1H3,(H,27,30). The van der Waals surface area contributed by atoms with Crippen LogP contribution in [0, 0.1) is 5.92 Å². The van der Waals surface area contributed by atoms with E-state index in [-0.39, 0.29) is 35.8 Å². The van der Waals surface area contributed by atoms with Gasteiger partial charge in [0.25, 0.3) is 5.91 Å². The van der Waals surface area contributed by atoms with Crippen LogP contribution >= 0.6 is 0 Å². The Labute approximate surface area is 191 Å². The molecule has 1 fully saturated rings. The summed E-state index contributed by atoms with van der Waals surface area (Å²) >= 11 is 0. The summed E-state index contributed by atoms with van der Waals surface area (Å²) < 4.78 is 40.1. The lowest BCUT2D eigenvalue weighted by Gasteiger charge is -2.31. The van der Waals surface area contributed by atoms with Gasteiger partial charge in [0.05, 0.1) is 7.11 Å². The summed E-state index contributed by atoms with van der Waals surface area (Å²) in [6, 6.07) is 13.9. The Hall–Kier alpha value is -3.36. The summed E-state index contributed by atoms with van der Waals surface area (Å²) in [5.74, 6) is 0.491. The maximum atomic E-state index is 12.6. The number of hydrogen-bond acceptors (Lipinski definition) is 5. The molecule has 178 valence electrons. The first-order valence-corrected chi connectivity index (χ1v) is 10.8. The SMILES string of the molecule is COc1ccc(CCNC(=O)C2CCN(C(=O)COc3ccccc3)CC2)cc1OC(F)F. The van der Waals surface area contributed by atoms with Crippen LogP contribution in [0.2, 0.25) is 0 Å².